The standard InChI is InChI=1S/C13H27N3O/c1-14-13-10-17-9-11(13)8-16(3)12-4-6-15(2)7-5-12/h11-14H,4-10H2,1-3H3. The Bertz CT molecular complexity index is 229. The van der Waals surface area contributed by atoms with E-state index in [2.05, 4.69) is 29.2 Å². The molecule has 2 fully saturated rings. The zero-order valence-electron chi connectivity index (χ0n) is 11.5. The Morgan fingerprint density at radius 2 is 2.00 bits per heavy atom. The highest BCUT2D eigenvalue weighted by Gasteiger charge is 2.30. The highest BCUT2D eigenvalue weighted by Crippen LogP contribution is 2.19. The lowest BCUT2D eigenvalue weighted by Gasteiger charge is -2.36. The van der Waals surface area contributed by atoms with E-state index in [1.165, 1.54) is 32.5 Å². The first-order chi connectivity index (χ1) is 8.20. The van der Waals surface area contributed by atoms with Crippen molar-refractivity contribution in [3.63, 3.8) is 0 Å². The van der Waals surface area contributed by atoms with E-state index in [-0.39, 0.29) is 0 Å². The van der Waals surface area contributed by atoms with Gasteiger partial charge in [0.25, 0.3) is 0 Å². The van der Waals surface area contributed by atoms with Crippen LogP contribution in [-0.2, 0) is 4.74 Å². The van der Waals surface area contributed by atoms with Gasteiger partial charge < -0.3 is 19.9 Å². The van der Waals surface area contributed by atoms with Crippen LogP contribution in [0.15, 0.2) is 0 Å². The number of rotatable bonds is 4. The molecule has 2 heterocycles. The number of ether oxygens (including phenoxy) is 1. The van der Waals surface area contributed by atoms with Crippen LogP contribution in [0.3, 0.4) is 0 Å². The van der Waals surface area contributed by atoms with Gasteiger partial charge in [0.1, 0.15) is 0 Å². The van der Waals surface area contributed by atoms with Gasteiger partial charge in [-0.15, -0.1) is 0 Å². The van der Waals surface area contributed by atoms with Gasteiger partial charge in [0.15, 0.2) is 0 Å². The van der Waals surface area contributed by atoms with Crippen molar-refractivity contribution < 1.29 is 4.74 Å². The summed E-state index contributed by atoms with van der Waals surface area (Å²) in [7, 11) is 6.54. The molecule has 0 aliphatic carbocycles. The Morgan fingerprint density at radius 3 is 2.65 bits per heavy atom. The van der Waals surface area contributed by atoms with E-state index < -0.39 is 0 Å². The van der Waals surface area contributed by atoms with Crippen LogP contribution in [0.2, 0.25) is 0 Å². The Kier molecular flexibility index (Phi) is 4.79. The molecule has 4 heteroatoms. The van der Waals surface area contributed by atoms with Gasteiger partial charge in [-0.1, -0.05) is 0 Å². The highest BCUT2D eigenvalue weighted by atomic mass is 16.5. The summed E-state index contributed by atoms with van der Waals surface area (Å²) in [6.07, 6.45) is 2.62. The average molecular weight is 241 g/mol. The van der Waals surface area contributed by atoms with Crippen molar-refractivity contribution in [2.24, 2.45) is 5.92 Å². The third-order valence-electron chi connectivity index (χ3n) is 4.40. The molecule has 0 radical (unpaired) electrons. The van der Waals surface area contributed by atoms with E-state index in [9.17, 15) is 0 Å². The van der Waals surface area contributed by atoms with Crippen LogP contribution in [0.4, 0.5) is 0 Å². The van der Waals surface area contributed by atoms with Crippen LogP contribution in [0.5, 0.6) is 0 Å². The van der Waals surface area contributed by atoms with Crippen molar-refractivity contribution in [3.05, 3.63) is 0 Å². The maximum Gasteiger partial charge on any atom is 0.0623 e. The molecule has 0 amide bonds. The minimum Gasteiger partial charge on any atom is -0.379 e. The largest absolute Gasteiger partial charge is 0.379 e. The normalized spacial score (nSPS) is 32.5. The number of likely N-dealkylation sites (tertiary alicyclic amines) is 1. The monoisotopic (exact) mass is 241 g/mol. The molecular weight excluding hydrogens is 214 g/mol. The number of nitrogens with one attached hydrogen (secondary N) is 1. The first kappa shape index (κ1) is 13.3. The van der Waals surface area contributed by atoms with E-state index >= 15 is 0 Å². The minimum atomic E-state index is 0.545. The molecule has 0 aromatic rings. The molecule has 1 N–H and O–H groups in total. The number of nitrogens with zero attached hydrogens (tertiary/aromatic N) is 2. The summed E-state index contributed by atoms with van der Waals surface area (Å²) in [5, 5.41) is 3.37. The highest BCUT2D eigenvalue weighted by molar-refractivity contribution is 4.85. The SMILES string of the molecule is CNC1COCC1CN(C)C1CCN(C)CC1. The van der Waals surface area contributed by atoms with Crippen LogP contribution in [-0.4, -0.2) is 75.9 Å². The lowest BCUT2D eigenvalue weighted by atomic mass is 9.99. The molecule has 0 bridgehead atoms. The van der Waals surface area contributed by atoms with Crippen molar-refractivity contribution in [1.29, 1.82) is 0 Å². The lowest BCUT2D eigenvalue weighted by molar-refractivity contribution is 0.119. The quantitative estimate of drug-likeness (QED) is 0.763. The minimum absolute atomic E-state index is 0.545. The predicted molar refractivity (Wildman–Crippen MR) is 70.3 cm³/mol. The molecule has 2 aliphatic heterocycles. The number of likely N-dealkylation sites (N-methyl/N-ethyl adjacent to an activating group) is 1. The van der Waals surface area contributed by atoms with Crippen molar-refractivity contribution in [1.82, 2.24) is 15.1 Å². The predicted octanol–water partition coefficient (Wildman–Crippen LogP) is 0.247. The molecule has 0 aromatic heterocycles. The summed E-state index contributed by atoms with van der Waals surface area (Å²) in [5.74, 6) is 0.657. The van der Waals surface area contributed by atoms with Gasteiger partial charge in [-0.05, 0) is 47.1 Å². The van der Waals surface area contributed by atoms with Gasteiger partial charge >= 0.3 is 0 Å². The molecular formula is C13H27N3O. The zero-order chi connectivity index (χ0) is 12.3. The average Bonchev–Trinajstić information content (AvgIpc) is 2.77. The summed E-state index contributed by atoms with van der Waals surface area (Å²) >= 11 is 0. The van der Waals surface area contributed by atoms with Crippen molar-refractivity contribution >= 4 is 0 Å². The Morgan fingerprint density at radius 1 is 1.29 bits per heavy atom. The zero-order valence-corrected chi connectivity index (χ0v) is 11.5. The van der Waals surface area contributed by atoms with E-state index in [0.717, 1.165) is 19.3 Å². The van der Waals surface area contributed by atoms with Gasteiger partial charge in [-0.25, -0.2) is 0 Å². The fourth-order valence-corrected chi connectivity index (χ4v) is 3.05. The molecule has 2 aliphatic rings. The van der Waals surface area contributed by atoms with Gasteiger partial charge in [-0.3, -0.25) is 0 Å². The summed E-state index contributed by atoms with van der Waals surface area (Å²) in [6, 6.07) is 1.31. The van der Waals surface area contributed by atoms with Gasteiger partial charge in [0, 0.05) is 24.5 Å². The number of hydrogen-bond donors (Lipinski definition) is 1. The molecule has 17 heavy (non-hydrogen) atoms. The van der Waals surface area contributed by atoms with E-state index in [0.29, 0.717) is 12.0 Å². The third-order valence-corrected chi connectivity index (χ3v) is 4.40. The lowest BCUT2D eigenvalue weighted by Crippen LogP contribution is -2.46. The van der Waals surface area contributed by atoms with Crippen LogP contribution >= 0.6 is 0 Å². The van der Waals surface area contributed by atoms with E-state index in [1.807, 2.05) is 7.05 Å². The fourth-order valence-electron chi connectivity index (χ4n) is 3.05. The van der Waals surface area contributed by atoms with Crippen LogP contribution in [0.25, 0.3) is 0 Å². The third kappa shape index (κ3) is 3.41. The fraction of sp³-hybridized carbons (Fsp3) is 1.00. The molecule has 2 saturated heterocycles. The maximum absolute atomic E-state index is 5.57. The second-order valence-electron chi connectivity index (χ2n) is 5.67. The first-order valence-electron chi connectivity index (χ1n) is 6.84. The van der Waals surface area contributed by atoms with E-state index in [4.69, 9.17) is 4.74 Å². The van der Waals surface area contributed by atoms with Gasteiger partial charge in [0.05, 0.1) is 13.2 Å². The van der Waals surface area contributed by atoms with E-state index in [1.54, 1.807) is 0 Å². The van der Waals surface area contributed by atoms with Crippen molar-refractivity contribution in [2.45, 2.75) is 24.9 Å². The summed E-state index contributed by atoms with van der Waals surface area (Å²) < 4.78 is 5.57. The second-order valence-corrected chi connectivity index (χ2v) is 5.67. The number of hydrogen-bond acceptors (Lipinski definition) is 4. The van der Waals surface area contributed by atoms with Crippen LogP contribution < -0.4 is 5.32 Å². The Balaban J connectivity index is 1.78. The molecule has 2 atom stereocenters. The van der Waals surface area contributed by atoms with Crippen molar-refractivity contribution in [2.75, 3.05) is 54.0 Å². The molecule has 4 nitrogen and oxygen atoms in total. The molecule has 2 unspecified atom stereocenters. The summed E-state index contributed by atoms with van der Waals surface area (Å²) in [4.78, 5) is 4.98. The van der Waals surface area contributed by atoms with Crippen LogP contribution in [0, 0.1) is 5.92 Å². The van der Waals surface area contributed by atoms with Gasteiger partial charge in [0.2, 0.25) is 0 Å². The van der Waals surface area contributed by atoms with Crippen molar-refractivity contribution in [3.8, 4) is 0 Å². The number of piperidine rings is 1. The molecule has 2 rings (SSSR count). The summed E-state index contributed by atoms with van der Waals surface area (Å²) in [6.45, 7) is 5.45. The molecule has 0 spiro atoms. The molecule has 0 aromatic carbocycles. The summed E-state index contributed by atoms with van der Waals surface area (Å²) in [5.41, 5.74) is 0. The second kappa shape index (κ2) is 6.14. The molecule has 0 saturated carbocycles. The smallest absolute Gasteiger partial charge is 0.0623 e. The maximum atomic E-state index is 5.57. The molecule has 100 valence electrons. The topological polar surface area (TPSA) is 27.7 Å². The Hall–Kier alpha value is -0.160. The first-order valence-corrected chi connectivity index (χ1v) is 6.84. The van der Waals surface area contributed by atoms with Crippen LogP contribution in [0.1, 0.15) is 12.8 Å². The van der Waals surface area contributed by atoms with Gasteiger partial charge in [-0.2, -0.15) is 0 Å². The Labute approximate surface area is 105 Å².